The lowest BCUT2D eigenvalue weighted by molar-refractivity contribution is -0.141. The van der Waals surface area contributed by atoms with Crippen LogP contribution in [-0.4, -0.2) is 22.2 Å². The number of carboxylic acids is 1. The first-order valence-corrected chi connectivity index (χ1v) is 4.26. The SMILES string of the molecule is Cc1ccccc1C(O)[C@H](N)C(=O)O. The first kappa shape index (κ1) is 10.7. The highest BCUT2D eigenvalue weighted by atomic mass is 16.4. The van der Waals surface area contributed by atoms with E-state index >= 15 is 0 Å². The van der Waals surface area contributed by atoms with Crippen LogP contribution in [0.5, 0.6) is 0 Å². The van der Waals surface area contributed by atoms with Gasteiger partial charge in [0, 0.05) is 0 Å². The molecule has 0 bridgehead atoms. The molecule has 0 aromatic heterocycles. The second-order valence-electron chi connectivity index (χ2n) is 3.17. The van der Waals surface area contributed by atoms with Crippen LogP contribution >= 0.6 is 0 Å². The molecule has 1 unspecified atom stereocenters. The molecule has 0 aliphatic rings. The first-order valence-electron chi connectivity index (χ1n) is 4.26. The zero-order valence-corrected chi connectivity index (χ0v) is 7.84. The van der Waals surface area contributed by atoms with Crippen LogP contribution in [0.2, 0.25) is 0 Å². The van der Waals surface area contributed by atoms with Crippen LogP contribution in [0, 0.1) is 6.92 Å². The van der Waals surface area contributed by atoms with Gasteiger partial charge in [-0.2, -0.15) is 0 Å². The highest BCUT2D eigenvalue weighted by Gasteiger charge is 2.24. The summed E-state index contributed by atoms with van der Waals surface area (Å²) in [4.78, 5) is 10.5. The number of hydrogen-bond donors (Lipinski definition) is 3. The molecule has 1 aromatic rings. The summed E-state index contributed by atoms with van der Waals surface area (Å²) in [7, 11) is 0. The van der Waals surface area contributed by atoms with Crippen molar-refractivity contribution in [2.75, 3.05) is 0 Å². The summed E-state index contributed by atoms with van der Waals surface area (Å²) in [6, 6.07) is 5.74. The highest BCUT2D eigenvalue weighted by Crippen LogP contribution is 2.19. The summed E-state index contributed by atoms with van der Waals surface area (Å²) in [5.41, 5.74) is 6.70. The average Bonchev–Trinajstić information content (AvgIpc) is 2.16. The van der Waals surface area contributed by atoms with Gasteiger partial charge in [-0.15, -0.1) is 0 Å². The third-order valence-corrected chi connectivity index (χ3v) is 2.13. The van der Waals surface area contributed by atoms with Crippen LogP contribution in [0.4, 0.5) is 0 Å². The van der Waals surface area contributed by atoms with Gasteiger partial charge in [0.25, 0.3) is 0 Å². The van der Waals surface area contributed by atoms with E-state index in [1.54, 1.807) is 25.1 Å². The number of aryl methyl sites for hydroxylation is 1. The van der Waals surface area contributed by atoms with Crippen LogP contribution in [0.15, 0.2) is 24.3 Å². The minimum Gasteiger partial charge on any atom is -0.480 e. The van der Waals surface area contributed by atoms with E-state index in [0.717, 1.165) is 5.56 Å². The zero-order valence-electron chi connectivity index (χ0n) is 7.84. The smallest absolute Gasteiger partial charge is 0.323 e. The van der Waals surface area contributed by atoms with Crippen molar-refractivity contribution >= 4 is 5.97 Å². The fourth-order valence-electron chi connectivity index (χ4n) is 1.25. The molecule has 1 rings (SSSR count). The normalized spacial score (nSPS) is 14.8. The Morgan fingerprint density at radius 1 is 1.43 bits per heavy atom. The second kappa shape index (κ2) is 4.21. The van der Waals surface area contributed by atoms with Crippen LogP contribution in [0.25, 0.3) is 0 Å². The lowest BCUT2D eigenvalue weighted by Crippen LogP contribution is -2.36. The molecule has 2 atom stereocenters. The Morgan fingerprint density at radius 2 is 2.00 bits per heavy atom. The summed E-state index contributed by atoms with van der Waals surface area (Å²) in [6.45, 7) is 1.80. The molecule has 1 aromatic carbocycles. The van der Waals surface area contributed by atoms with Crippen molar-refractivity contribution in [3.8, 4) is 0 Å². The molecule has 0 saturated heterocycles. The zero-order chi connectivity index (χ0) is 10.7. The van der Waals surface area contributed by atoms with E-state index in [0.29, 0.717) is 5.56 Å². The summed E-state index contributed by atoms with van der Waals surface area (Å²) in [5.74, 6) is -1.21. The molecular formula is C10H13NO3. The van der Waals surface area contributed by atoms with E-state index < -0.39 is 18.1 Å². The van der Waals surface area contributed by atoms with Crippen molar-refractivity contribution in [2.45, 2.75) is 19.1 Å². The predicted molar refractivity (Wildman–Crippen MR) is 51.8 cm³/mol. The maximum Gasteiger partial charge on any atom is 0.323 e. The van der Waals surface area contributed by atoms with Crippen molar-refractivity contribution in [1.82, 2.24) is 0 Å². The van der Waals surface area contributed by atoms with Gasteiger partial charge < -0.3 is 15.9 Å². The van der Waals surface area contributed by atoms with Gasteiger partial charge in [0.05, 0.1) is 0 Å². The van der Waals surface area contributed by atoms with Crippen molar-refractivity contribution in [3.63, 3.8) is 0 Å². The number of rotatable bonds is 3. The third-order valence-electron chi connectivity index (χ3n) is 2.13. The monoisotopic (exact) mass is 195 g/mol. The Hall–Kier alpha value is -1.39. The number of carbonyl (C=O) groups is 1. The van der Waals surface area contributed by atoms with Gasteiger partial charge in [-0.25, -0.2) is 0 Å². The Labute approximate surface area is 82.0 Å². The van der Waals surface area contributed by atoms with Gasteiger partial charge in [0.1, 0.15) is 12.1 Å². The maximum atomic E-state index is 10.5. The highest BCUT2D eigenvalue weighted by molar-refractivity contribution is 5.74. The fourth-order valence-corrected chi connectivity index (χ4v) is 1.25. The van der Waals surface area contributed by atoms with E-state index in [2.05, 4.69) is 0 Å². The minimum absolute atomic E-state index is 0.558. The molecule has 0 aliphatic carbocycles. The van der Waals surface area contributed by atoms with Gasteiger partial charge in [0.2, 0.25) is 0 Å². The number of carboxylic acid groups (broad SMARTS) is 1. The number of aliphatic hydroxyl groups excluding tert-OH is 1. The van der Waals surface area contributed by atoms with E-state index in [-0.39, 0.29) is 0 Å². The minimum atomic E-state index is -1.28. The van der Waals surface area contributed by atoms with Crippen molar-refractivity contribution in [3.05, 3.63) is 35.4 Å². The van der Waals surface area contributed by atoms with Crippen LogP contribution in [-0.2, 0) is 4.79 Å². The van der Waals surface area contributed by atoms with Crippen molar-refractivity contribution < 1.29 is 15.0 Å². The molecule has 76 valence electrons. The fraction of sp³-hybridized carbons (Fsp3) is 0.300. The van der Waals surface area contributed by atoms with Crippen LogP contribution in [0.3, 0.4) is 0 Å². The average molecular weight is 195 g/mol. The van der Waals surface area contributed by atoms with Gasteiger partial charge >= 0.3 is 5.97 Å². The number of benzene rings is 1. The van der Waals surface area contributed by atoms with Gasteiger partial charge in [0.15, 0.2) is 0 Å². The predicted octanol–water partition coefficient (Wildman–Crippen LogP) is 0.440. The van der Waals surface area contributed by atoms with Crippen LogP contribution < -0.4 is 5.73 Å². The summed E-state index contributed by atoms with van der Waals surface area (Å²) in [5, 5.41) is 18.3. The number of aliphatic carboxylic acids is 1. The van der Waals surface area contributed by atoms with Crippen molar-refractivity contribution in [2.24, 2.45) is 5.73 Å². The number of aliphatic hydroxyl groups is 1. The molecule has 14 heavy (non-hydrogen) atoms. The van der Waals surface area contributed by atoms with E-state index in [1.165, 1.54) is 0 Å². The Kier molecular flexibility index (Phi) is 3.22. The molecule has 0 radical (unpaired) electrons. The molecule has 0 spiro atoms. The largest absolute Gasteiger partial charge is 0.480 e. The molecule has 4 nitrogen and oxygen atoms in total. The van der Waals surface area contributed by atoms with Gasteiger partial charge in [-0.05, 0) is 18.1 Å². The molecule has 0 saturated carbocycles. The second-order valence-corrected chi connectivity index (χ2v) is 3.17. The lowest BCUT2D eigenvalue weighted by Gasteiger charge is -2.16. The first-order chi connectivity index (χ1) is 6.54. The summed E-state index contributed by atoms with van der Waals surface area (Å²) < 4.78 is 0. The van der Waals surface area contributed by atoms with E-state index in [1.807, 2.05) is 6.07 Å². The number of hydrogen-bond acceptors (Lipinski definition) is 3. The van der Waals surface area contributed by atoms with E-state index in [9.17, 15) is 9.90 Å². The Balaban J connectivity index is 2.94. The Bertz CT molecular complexity index is 338. The van der Waals surface area contributed by atoms with Crippen LogP contribution in [0.1, 0.15) is 17.2 Å². The quantitative estimate of drug-likeness (QED) is 0.653. The van der Waals surface area contributed by atoms with E-state index in [4.69, 9.17) is 10.8 Å². The van der Waals surface area contributed by atoms with Crippen molar-refractivity contribution in [1.29, 1.82) is 0 Å². The van der Waals surface area contributed by atoms with Gasteiger partial charge in [-0.3, -0.25) is 4.79 Å². The molecule has 0 aliphatic heterocycles. The summed E-state index contributed by atoms with van der Waals surface area (Å²) >= 11 is 0. The van der Waals surface area contributed by atoms with Gasteiger partial charge in [-0.1, -0.05) is 24.3 Å². The molecule has 4 heteroatoms. The standard InChI is InChI=1S/C10H13NO3/c1-6-4-2-3-5-7(6)9(12)8(11)10(13)14/h2-5,8-9,12H,11H2,1H3,(H,13,14)/t8-,9?/m0/s1. The topological polar surface area (TPSA) is 83.5 Å². The molecular weight excluding hydrogens is 182 g/mol. The molecule has 4 N–H and O–H groups in total. The maximum absolute atomic E-state index is 10.5. The molecule has 0 amide bonds. The Morgan fingerprint density at radius 3 is 2.50 bits per heavy atom. The third kappa shape index (κ3) is 2.10. The lowest BCUT2D eigenvalue weighted by atomic mass is 9.98. The number of nitrogens with two attached hydrogens (primary N) is 1. The summed E-state index contributed by atoms with van der Waals surface area (Å²) in [6.07, 6.45) is -1.16. The molecule has 0 heterocycles. The molecule has 0 fully saturated rings.